The summed E-state index contributed by atoms with van der Waals surface area (Å²) in [7, 11) is 0. The molecule has 0 N–H and O–H groups in total. The van der Waals surface area contributed by atoms with Gasteiger partial charge in [-0.15, -0.1) is 5.10 Å². The maximum Gasteiger partial charge on any atom is 0.310 e. The van der Waals surface area contributed by atoms with Crippen LogP contribution in [0.25, 0.3) is 5.78 Å². The lowest BCUT2D eigenvalue weighted by Crippen LogP contribution is -2.16. The number of hydrogen-bond donors (Lipinski definition) is 0. The monoisotopic (exact) mass is 372 g/mol. The maximum atomic E-state index is 12.2. The van der Waals surface area contributed by atoms with E-state index in [1.807, 2.05) is 50.4 Å². The van der Waals surface area contributed by atoms with Gasteiger partial charge in [0.05, 0.1) is 6.42 Å². The number of ether oxygens (including phenoxy) is 2. The number of carbonyl (C=O) groups excluding carboxylic acids is 1. The molecule has 0 bridgehead atoms. The van der Waals surface area contributed by atoms with Crippen LogP contribution in [0.2, 0.25) is 0 Å². The number of aryl methyl sites for hydroxylation is 2. The van der Waals surface area contributed by atoms with Gasteiger partial charge in [0.25, 0.3) is 5.78 Å². The van der Waals surface area contributed by atoms with E-state index in [-0.39, 0.29) is 19.0 Å². The van der Waals surface area contributed by atoms with E-state index in [0.29, 0.717) is 17.5 Å². The van der Waals surface area contributed by atoms with Crippen molar-refractivity contribution in [2.24, 2.45) is 0 Å². The van der Waals surface area contributed by atoms with Gasteiger partial charge in [-0.1, -0.05) is 30.0 Å². The van der Waals surface area contributed by atoms with Gasteiger partial charge in [0, 0.05) is 17.0 Å². The molecule has 0 amide bonds. The zero-order chi connectivity index (χ0) is 18.5. The number of esters is 1. The van der Waals surface area contributed by atoms with Gasteiger partial charge in [0.15, 0.2) is 0 Å². The first-order valence-corrected chi connectivity index (χ1v) is 9.41. The van der Waals surface area contributed by atoms with Crippen molar-refractivity contribution in [1.82, 2.24) is 19.6 Å². The standard InChI is InChI=1S/C18H20N4O3S/c1-12-15(13(2)22-17(19-12)20-18(21-22)26-3)11-16(23)25-10-9-24-14-7-5-4-6-8-14/h4-8H,9-11H2,1-3H3. The Morgan fingerprint density at radius 3 is 2.65 bits per heavy atom. The van der Waals surface area contributed by atoms with Crippen molar-refractivity contribution in [2.75, 3.05) is 19.5 Å². The predicted octanol–water partition coefficient (Wildman–Crippen LogP) is 2.63. The van der Waals surface area contributed by atoms with E-state index >= 15 is 0 Å². The Morgan fingerprint density at radius 2 is 1.92 bits per heavy atom. The molecule has 0 spiro atoms. The highest BCUT2D eigenvalue weighted by Gasteiger charge is 2.16. The third kappa shape index (κ3) is 4.13. The van der Waals surface area contributed by atoms with Crippen molar-refractivity contribution >= 4 is 23.5 Å². The van der Waals surface area contributed by atoms with Crippen molar-refractivity contribution < 1.29 is 14.3 Å². The molecular weight excluding hydrogens is 352 g/mol. The molecule has 8 heteroatoms. The first-order valence-electron chi connectivity index (χ1n) is 8.19. The molecule has 0 saturated carbocycles. The van der Waals surface area contributed by atoms with Gasteiger partial charge in [-0.3, -0.25) is 4.79 Å². The van der Waals surface area contributed by atoms with Crippen LogP contribution in [0.4, 0.5) is 0 Å². The Bertz CT molecular complexity index is 912. The summed E-state index contributed by atoms with van der Waals surface area (Å²) in [5.41, 5.74) is 2.41. The van der Waals surface area contributed by atoms with Crippen LogP contribution in [-0.2, 0) is 16.0 Å². The molecule has 0 fully saturated rings. The maximum absolute atomic E-state index is 12.2. The van der Waals surface area contributed by atoms with Crippen molar-refractivity contribution in [3.63, 3.8) is 0 Å². The predicted molar refractivity (Wildman–Crippen MR) is 98.6 cm³/mol. The van der Waals surface area contributed by atoms with Crippen molar-refractivity contribution in [2.45, 2.75) is 25.4 Å². The quantitative estimate of drug-likeness (QED) is 0.358. The molecule has 26 heavy (non-hydrogen) atoms. The Hall–Kier alpha value is -2.61. The summed E-state index contributed by atoms with van der Waals surface area (Å²) in [5, 5.41) is 5.03. The summed E-state index contributed by atoms with van der Waals surface area (Å²) in [6.45, 7) is 4.27. The average Bonchev–Trinajstić information content (AvgIpc) is 3.06. The van der Waals surface area contributed by atoms with Crippen molar-refractivity contribution in [3.8, 4) is 5.75 Å². The average molecular weight is 372 g/mol. The fourth-order valence-electron chi connectivity index (χ4n) is 2.56. The van der Waals surface area contributed by atoms with E-state index in [2.05, 4.69) is 15.1 Å². The molecule has 0 saturated heterocycles. The van der Waals surface area contributed by atoms with E-state index in [0.717, 1.165) is 22.7 Å². The molecule has 0 radical (unpaired) electrons. The van der Waals surface area contributed by atoms with Gasteiger partial charge < -0.3 is 9.47 Å². The van der Waals surface area contributed by atoms with Gasteiger partial charge in [-0.05, 0) is 32.2 Å². The molecular formula is C18H20N4O3S. The molecule has 7 nitrogen and oxygen atoms in total. The molecule has 1 aromatic carbocycles. The zero-order valence-corrected chi connectivity index (χ0v) is 15.7. The van der Waals surface area contributed by atoms with E-state index in [9.17, 15) is 4.79 Å². The fourth-order valence-corrected chi connectivity index (χ4v) is 2.90. The molecule has 0 aliphatic carbocycles. The largest absolute Gasteiger partial charge is 0.490 e. The highest BCUT2D eigenvalue weighted by molar-refractivity contribution is 7.98. The lowest BCUT2D eigenvalue weighted by Gasteiger charge is -2.11. The molecule has 136 valence electrons. The molecule has 0 aliphatic heterocycles. The smallest absolute Gasteiger partial charge is 0.310 e. The van der Waals surface area contributed by atoms with Gasteiger partial charge in [0.2, 0.25) is 5.16 Å². The minimum atomic E-state index is -0.320. The Balaban J connectivity index is 1.60. The number of hydrogen-bond acceptors (Lipinski definition) is 7. The van der Waals surface area contributed by atoms with E-state index in [1.165, 1.54) is 11.8 Å². The highest BCUT2D eigenvalue weighted by Crippen LogP contribution is 2.17. The number of rotatable bonds is 7. The molecule has 3 rings (SSSR count). The summed E-state index contributed by atoms with van der Waals surface area (Å²) in [4.78, 5) is 20.9. The number of carbonyl (C=O) groups is 1. The molecule has 0 aliphatic rings. The number of para-hydroxylation sites is 1. The Labute approximate surface area is 155 Å². The van der Waals surface area contributed by atoms with Gasteiger partial charge >= 0.3 is 5.97 Å². The number of aromatic nitrogens is 4. The zero-order valence-electron chi connectivity index (χ0n) is 14.9. The van der Waals surface area contributed by atoms with E-state index < -0.39 is 0 Å². The third-order valence-electron chi connectivity index (χ3n) is 3.89. The number of fused-ring (bicyclic) bond motifs is 1. The molecule has 3 aromatic rings. The third-order valence-corrected chi connectivity index (χ3v) is 4.43. The topological polar surface area (TPSA) is 78.6 Å². The summed E-state index contributed by atoms with van der Waals surface area (Å²) in [5.74, 6) is 0.970. The molecule has 2 aromatic heterocycles. The van der Waals surface area contributed by atoms with Gasteiger partial charge in [0.1, 0.15) is 19.0 Å². The molecule has 2 heterocycles. The van der Waals surface area contributed by atoms with Crippen molar-refractivity contribution in [1.29, 1.82) is 0 Å². The number of nitrogens with zero attached hydrogens (tertiary/aromatic N) is 4. The SMILES string of the molecule is CSc1nc2nc(C)c(CC(=O)OCCOc3ccccc3)c(C)n2n1. The first kappa shape index (κ1) is 18.2. The van der Waals surface area contributed by atoms with Gasteiger partial charge in [-0.2, -0.15) is 4.98 Å². The van der Waals surface area contributed by atoms with Gasteiger partial charge in [-0.25, -0.2) is 9.50 Å². The van der Waals surface area contributed by atoms with Crippen LogP contribution in [0.3, 0.4) is 0 Å². The summed E-state index contributed by atoms with van der Waals surface area (Å²) < 4.78 is 12.5. The fraction of sp³-hybridized carbons (Fsp3) is 0.333. The molecule has 0 atom stereocenters. The number of benzene rings is 1. The second-order valence-corrected chi connectivity index (χ2v) is 6.40. The van der Waals surface area contributed by atoms with Crippen LogP contribution in [-0.4, -0.2) is 45.0 Å². The van der Waals surface area contributed by atoms with Crippen LogP contribution in [0, 0.1) is 13.8 Å². The van der Waals surface area contributed by atoms with Crippen LogP contribution in [0.15, 0.2) is 35.5 Å². The second-order valence-electron chi connectivity index (χ2n) is 5.63. The minimum absolute atomic E-state index is 0.139. The van der Waals surface area contributed by atoms with E-state index in [1.54, 1.807) is 4.52 Å². The minimum Gasteiger partial charge on any atom is -0.490 e. The Morgan fingerprint density at radius 1 is 1.15 bits per heavy atom. The Kier molecular flexibility index (Phi) is 5.72. The second kappa shape index (κ2) is 8.18. The number of thioether (sulfide) groups is 1. The van der Waals surface area contributed by atoms with Crippen LogP contribution in [0.1, 0.15) is 17.0 Å². The van der Waals surface area contributed by atoms with Crippen LogP contribution < -0.4 is 4.74 Å². The van der Waals surface area contributed by atoms with E-state index in [4.69, 9.17) is 9.47 Å². The summed E-state index contributed by atoms with van der Waals surface area (Å²) >= 11 is 1.45. The highest BCUT2D eigenvalue weighted by atomic mass is 32.2. The van der Waals surface area contributed by atoms with Crippen molar-refractivity contribution in [3.05, 3.63) is 47.3 Å². The first-order chi connectivity index (χ1) is 12.6. The molecule has 0 unspecified atom stereocenters. The summed E-state index contributed by atoms with van der Waals surface area (Å²) in [6, 6.07) is 9.41. The summed E-state index contributed by atoms with van der Waals surface area (Å²) in [6.07, 6.45) is 2.05. The van der Waals surface area contributed by atoms with Crippen LogP contribution in [0.5, 0.6) is 5.75 Å². The normalized spacial score (nSPS) is 10.9. The van der Waals surface area contributed by atoms with Crippen LogP contribution >= 0.6 is 11.8 Å². The lowest BCUT2D eigenvalue weighted by atomic mass is 10.1. The lowest BCUT2D eigenvalue weighted by molar-refractivity contribution is -0.143.